The maximum Gasteiger partial charge on any atom is 0.251 e. The van der Waals surface area contributed by atoms with E-state index in [1.807, 2.05) is 19.1 Å². The molecule has 2 aliphatic rings. The zero-order valence-electron chi connectivity index (χ0n) is 22.7. The number of nitrogens with zero attached hydrogens (tertiary/aromatic N) is 1. The van der Waals surface area contributed by atoms with Gasteiger partial charge in [0.05, 0.1) is 23.6 Å². The van der Waals surface area contributed by atoms with Crippen LogP contribution in [0.15, 0.2) is 42.5 Å². The molecule has 1 saturated carbocycles. The van der Waals surface area contributed by atoms with Gasteiger partial charge in [0.2, 0.25) is 10.0 Å². The molecular weight excluding hydrogens is 536 g/mol. The van der Waals surface area contributed by atoms with Crippen molar-refractivity contribution in [3.05, 3.63) is 58.6 Å². The van der Waals surface area contributed by atoms with Crippen molar-refractivity contribution in [2.24, 2.45) is 0 Å². The highest BCUT2D eigenvalue weighted by atomic mass is 35.5. The van der Waals surface area contributed by atoms with E-state index >= 15 is 0 Å². The predicted octanol–water partition coefficient (Wildman–Crippen LogP) is 4.33. The first-order valence-electron chi connectivity index (χ1n) is 14.1. The molecule has 10 heteroatoms. The number of hydrogen-bond acceptors (Lipinski definition) is 6. The largest absolute Gasteiger partial charge is 0.390 e. The first-order valence-corrected chi connectivity index (χ1v) is 16.1. The molecule has 0 spiro atoms. The predicted molar refractivity (Wildman–Crippen MR) is 158 cm³/mol. The fraction of sp³-hybridized carbons (Fsp3) is 0.552. The minimum Gasteiger partial charge on any atom is -0.390 e. The zero-order chi connectivity index (χ0) is 27.8. The van der Waals surface area contributed by atoms with Gasteiger partial charge in [-0.05, 0) is 74.9 Å². The van der Waals surface area contributed by atoms with Crippen LogP contribution in [0.2, 0.25) is 5.02 Å². The summed E-state index contributed by atoms with van der Waals surface area (Å²) < 4.78 is 27.0. The standard InChI is InChI=1S/C29H41ClN4O4S/c1-2-31-25-17-22(18-26(19-25)34-14-6-7-15-39(34,37)38)29(36)33-27(16-21-10-12-23(30)13-11-21)28(35)20-32-24-8-4-3-5-9-24/h10-13,17-19,24,27-28,31-32,35H,2-9,14-16,20H2,1H3,(H,33,36)/t27-,28+/m0/s1. The number of nitrogens with one attached hydrogen (secondary N) is 3. The van der Waals surface area contributed by atoms with E-state index in [1.165, 1.54) is 23.6 Å². The number of aliphatic hydroxyl groups excluding tert-OH is 1. The molecule has 2 fully saturated rings. The fourth-order valence-electron chi connectivity index (χ4n) is 5.42. The summed E-state index contributed by atoms with van der Waals surface area (Å²) in [4.78, 5) is 13.6. The topological polar surface area (TPSA) is 111 Å². The highest BCUT2D eigenvalue weighted by molar-refractivity contribution is 7.92. The molecule has 4 N–H and O–H groups in total. The quantitative estimate of drug-likeness (QED) is 0.317. The molecule has 1 amide bonds. The Hall–Kier alpha value is -2.33. The van der Waals surface area contributed by atoms with E-state index in [0.29, 0.717) is 60.5 Å². The molecule has 2 atom stereocenters. The van der Waals surface area contributed by atoms with Gasteiger partial charge >= 0.3 is 0 Å². The molecule has 8 nitrogen and oxygen atoms in total. The number of rotatable bonds is 11. The van der Waals surface area contributed by atoms with E-state index in [-0.39, 0.29) is 11.7 Å². The molecule has 2 aromatic rings. The van der Waals surface area contributed by atoms with Crippen molar-refractivity contribution in [2.45, 2.75) is 76.5 Å². The zero-order valence-corrected chi connectivity index (χ0v) is 24.2. The Bertz CT molecular complexity index is 1200. The van der Waals surface area contributed by atoms with Crippen LogP contribution < -0.4 is 20.3 Å². The Morgan fingerprint density at radius 3 is 2.51 bits per heavy atom. The van der Waals surface area contributed by atoms with E-state index in [9.17, 15) is 18.3 Å². The lowest BCUT2D eigenvalue weighted by Crippen LogP contribution is -2.50. The SMILES string of the molecule is CCNc1cc(C(=O)N[C@@H](Cc2ccc(Cl)cc2)[C@H](O)CNC2CCCCC2)cc(N2CCCCS2(=O)=O)c1. The molecule has 214 valence electrons. The molecular formula is C29H41ClN4O4S. The number of carbonyl (C=O) groups is 1. The van der Waals surface area contributed by atoms with Crippen molar-refractivity contribution in [3.8, 4) is 0 Å². The second-order valence-electron chi connectivity index (χ2n) is 10.6. The van der Waals surface area contributed by atoms with Crippen LogP contribution in [-0.4, -0.2) is 63.0 Å². The van der Waals surface area contributed by atoms with E-state index in [4.69, 9.17) is 11.6 Å². The second-order valence-corrected chi connectivity index (χ2v) is 13.1. The van der Waals surface area contributed by atoms with Gasteiger partial charge in [-0.1, -0.05) is 43.0 Å². The van der Waals surface area contributed by atoms with Crippen molar-refractivity contribution in [3.63, 3.8) is 0 Å². The molecule has 4 rings (SSSR count). The van der Waals surface area contributed by atoms with Crippen LogP contribution in [-0.2, 0) is 16.4 Å². The van der Waals surface area contributed by atoms with E-state index in [1.54, 1.807) is 30.3 Å². The van der Waals surface area contributed by atoms with Gasteiger partial charge in [0.15, 0.2) is 0 Å². The third-order valence-electron chi connectivity index (χ3n) is 7.57. The van der Waals surface area contributed by atoms with Gasteiger partial charge in [0.1, 0.15) is 0 Å². The summed E-state index contributed by atoms with van der Waals surface area (Å²) in [5.41, 5.74) is 2.45. The van der Waals surface area contributed by atoms with Crippen molar-refractivity contribution >= 4 is 38.9 Å². The number of sulfonamides is 1. The molecule has 1 saturated heterocycles. The van der Waals surface area contributed by atoms with Crippen LogP contribution in [0.4, 0.5) is 11.4 Å². The summed E-state index contributed by atoms with van der Waals surface area (Å²) in [6, 6.07) is 12.3. The Kier molecular flexibility index (Phi) is 10.5. The smallest absolute Gasteiger partial charge is 0.251 e. The molecule has 0 radical (unpaired) electrons. The van der Waals surface area contributed by atoms with Crippen LogP contribution in [0.1, 0.15) is 67.8 Å². The number of amides is 1. The molecule has 1 aliphatic carbocycles. The highest BCUT2D eigenvalue weighted by Gasteiger charge is 2.28. The highest BCUT2D eigenvalue weighted by Crippen LogP contribution is 2.28. The number of carbonyl (C=O) groups excluding carboxylic acids is 1. The lowest BCUT2D eigenvalue weighted by Gasteiger charge is -2.30. The van der Waals surface area contributed by atoms with Gasteiger partial charge in [-0.3, -0.25) is 9.10 Å². The van der Waals surface area contributed by atoms with Crippen LogP contribution in [0.3, 0.4) is 0 Å². The summed E-state index contributed by atoms with van der Waals surface area (Å²) in [6.45, 7) is 3.34. The van der Waals surface area contributed by atoms with Gasteiger partial charge < -0.3 is 21.1 Å². The van der Waals surface area contributed by atoms with Gasteiger partial charge in [0, 0.05) is 41.9 Å². The average Bonchev–Trinajstić information content (AvgIpc) is 2.93. The van der Waals surface area contributed by atoms with Gasteiger partial charge in [-0.25, -0.2) is 8.42 Å². The molecule has 1 heterocycles. The number of anilines is 2. The summed E-state index contributed by atoms with van der Waals surface area (Å²) in [6.07, 6.45) is 6.85. The van der Waals surface area contributed by atoms with Crippen molar-refractivity contribution in [1.29, 1.82) is 0 Å². The summed E-state index contributed by atoms with van der Waals surface area (Å²) >= 11 is 6.07. The van der Waals surface area contributed by atoms with Crippen LogP contribution in [0, 0.1) is 0 Å². The molecule has 39 heavy (non-hydrogen) atoms. The van der Waals surface area contributed by atoms with E-state index in [0.717, 1.165) is 24.8 Å². The van der Waals surface area contributed by atoms with E-state index < -0.39 is 22.2 Å². The Morgan fingerprint density at radius 1 is 1.08 bits per heavy atom. The fourth-order valence-corrected chi connectivity index (χ4v) is 7.17. The lowest BCUT2D eigenvalue weighted by atomic mass is 9.95. The molecule has 0 unspecified atom stereocenters. The Balaban J connectivity index is 1.55. The van der Waals surface area contributed by atoms with Gasteiger partial charge in [-0.2, -0.15) is 0 Å². The summed E-state index contributed by atoms with van der Waals surface area (Å²) in [5, 5.41) is 21.6. The van der Waals surface area contributed by atoms with Crippen LogP contribution in [0.25, 0.3) is 0 Å². The Labute approximate surface area is 237 Å². The number of halogens is 1. The first-order chi connectivity index (χ1) is 18.7. The molecule has 1 aliphatic heterocycles. The summed E-state index contributed by atoms with van der Waals surface area (Å²) in [5.74, 6) is -0.260. The average molecular weight is 577 g/mol. The number of hydrogen-bond donors (Lipinski definition) is 4. The maximum absolute atomic E-state index is 13.6. The normalized spacial score (nSPS) is 19.3. The van der Waals surface area contributed by atoms with Crippen molar-refractivity contribution < 1.29 is 18.3 Å². The van der Waals surface area contributed by atoms with Crippen molar-refractivity contribution in [2.75, 3.05) is 35.0 Å². The molecule has 0 aromatic heterocycles. The minimum atomic E-state index is -3.43. The van der Waals surface area contributed by atoms with Gasteiger partial charge in [-0.15, -0.1) is 0 Å². The number of benzene rings is 2. The lowest BCUT2D eigenvalue weighted by molar-refractivity contribution is 0.0821. The maximum atomic E-state index is 13.6. The van der Waals surface area contributed by atoms with Crippen molar-refractivity contribution in [1.82, 2.24) is 10.6 Å². The Morgan fingerprint density at radius 2 is 1.82 bits per heavy atom. The molecule has 2 aromatic carbocycles. The van der Waals surface area contributed by atoms with Gasteiger partial charge in [0.25, 0.3) is 5.91 Å². The number of aliphatic hydroxyl groups is 1. The van der Waals surface area contributed by atoms with Crippen LogP contribution >= 0.6 is 11.6 Å². The summed E-state index contributed by atoms with van der Waals surface area (Å²) in [7, 11) is -3.43. The third-order valence-corrected chi connectivity index (χ3v) is 9.69. The van der Waals surface area contributed by atoms with Crippen LogP contribution in [0.5, 0.6) is 0 Å². The minimum absolute atomic E-state index is 0.101. The molecule has 0 bridgehead atoms. The monoisotopic (exact) mass is 576 g/mol. The third kappa shape index (κ3) is 8.33. The first kappa shape index (κ1) is 29.6. The van der Waals surface area contributed by atoms with E-state index in [2.05, 4.69) is 16.0 Å². The second kappa shape index (κ2) is 13.8.